The van der Waals surface area contributed by atoms with Crippen molar-refractivity contribution in [2.24, 2.45) is 11.8 Å². The quantitative estimate of drug-likeness (QED) is 0.708. The molecule has 1 N–H and O–H groups in total. The Morgan fingerprint density at radius 3 is 2.77 bits per heavy atom. The summed E-state index contributed by atoms with van der Waals surface area (Å²) in [7, 11) is 1.76. The Hall–Kier alpha value is -0.0800. The van der Waals surface area contributed by atoms with Gasteiger partial charge in [0.1, 0.15) is 0 Å². The summed E-state index contributed by atoms with van der Waals surface area (Å²) in [4.78, 5) is 0. The molecule has 2 heteroatoms. The molecule has 2 nitrogen and oxygen atoms in total. The van der Waals surface area contributed by atoms with Crippen LogP contribution in [-0.4, -0.2) is 26.3 Å². The molecule has 3 unspecified atom stereocenters. The van der Waals surface area contributed by atoms with Gasteiger partial charge in [0, 0.05) is 13.2 Å². The Morgan fingerprint density at radius 1 is 1.46 bits per heavy atom. The van der Waals surface area contributed by atoms with Crippen LogP contribution in [0.2, 0.25) is 0 Å². The minimum atomic E-state index is 0.501. The van der Waals surface area contributed by atoms with Gasteiger partial charge in [-0.2, -0.15) is 0 Å². The van der Waals surface area contributed by atoms with E-state index in [1.807, 2.05) is 0 Å². The van der Waals surface area contributed by atoms with Gasteiger partial charge in [-0.1, -0.05) is 13.3 Å². The third-order valence-electron chi connectivity index (χ3n) is 2.98. The molecular weight excluding hydrogens is 162 g/mol. The first-order valence-electron chi connectivity index (χ1n) is 5.44. The average Bonchev–Trinajstić information content (AvgIpc) is 2.49. The molecule has 0 aromatic rings. The van der Waals surface area contributed by atoms with Crippen LogP contribution in [0.25, 0.3) is 0 Å². The van der Waals surface area contributed by atoms with E-state index in [1.165, 1.54) is 25.8 Å². The number of nitrogens with one attached hydrogen (secondary N) is 1. The third kappa shape index (κ3) is 4.10. The van der Waals surface area contributed by atoms with Gasteiger partial charge in [-0.3, -0.25) is 0 Å². The molecule has 1 rings (SSSR count). The van der Waals surface area contributed by atoms with Crippen LogP contribution in [0.15, 0.2) is 0 Å². The Balaban J connectivity index is 2.05. The van der Waals surface area contributed by atoms with E-state index < -0.39 is 0 Å². The number of hydrogen-bond acceptors (Lipinski definition) is 2. The molecule has 0 aromatic carbocycles. The SMILES string of the molecule is COCC(C)NCC1CCC(C)C1. The molecule has 0 aliphatic heterocycles. The minimum absolute atomic E-state index is 0.501. The van der Waals surface area contributed by atoms with Gasteiger partial charge in [-0.15, -0.1) is 0 Å². The topological polar surface area (TPSA) is 21.3 Å². The van der Waals surface area contributed by atoms with Crippen molar-refractivity contribution in [3.63, 3.8) is 0 Å². The van der Waals surface area contributed by atoms with Gasteiger partial charge in [0.05, 0.1) is 6.61 Å². The Labute approximate surface area is 82.0 Å². The van der Waals surface area contributed by atoms with Crippen molar-refractivity contribution >= 4 is 0 Å². The van der Waals surface area contributed by atoms with Gasteiger partial charge in [0.25, 0.3) is 0 Å². The first-order valence-corrected chi connectivity index (χ1v) is 5.44. The number of rotatable bonds is 5. The second-order valence-corrected chi connectivity index (χ2v) is 4.55. The van der Waals surface area contributed by atoms with E-state index in [0.29, 0.717) is 6.04 Å². The van der Waals surface area contributed by atoms with Crippen molar-refractivity contribution in [2.45, 2.75) is 39.2 Å². The van der Waals surface area contributed by atoms with Crippen LogP contribution < -0.4 is 5.32 Å². The highest BCUT2D eigenvalue weighted by Crippen LogP contribution is 2.29. The van der Waals surface area contributed by atoms with Gasteiger partial charge in [-0.05, 0) is 38.1 Å². The third-order valence-corrected chi connectivity index (χ3v) is 2.98. The van der Waals surface area contributed by atoms with E-state index >= 15 is 0 Å². The standard InChI is InChI=1S/C11H23NO/c1-9-4-5-11(6-9)7-12-10(2)8-13-3/h9-12H,4-8H2,1-3H3. The molecule has 78 valence electrons. The van der Waals surface area contributed by atoms with Crippen molar-refractivity contribution in [3.8, 4) is 0 Å². The fourth-order valence-electron chi connectivity index (χ4n) is 2.19. The molecule has 0 radical (unpaired) electrons. The molecule has 0 spiro atoms. The van der Waals surface area contributed by atoms with Crippen molar-refractivity contribution in [1.29, 1.82) is 0 Å². The summed E-state index contributed by atoms with van der Waals surface area (Å²) in [6, 6.07) is 0.501. The lowest BCUT2D eigenvalue weighted by molar-refractivity contribution is 0.170. The van der Waals surface area contributed by atoms with Crippen LogP contribution in [0.3, 0.4) is 0 Å². The number of methoxy groups -OCH3 is 1. The molecule has 0 heterocycles. The summed E-state index contributed by atoms with van der Waals surface area (Å²) in [6.07, 6.45) is 4.24. The lowest BCUT2D eigenvalue weighted by Crippen LogP contribution is -2.33. The minimum Gasteiger partial charge on any atom is -0.383 e. The highest BCUT2D eigenvalue weighted by molar-refractivity contribution is 4.75. The van der Waals surface area contributed by atoms with Gasteiger partial charge in [0.2, 0.25) is 0 Å². The fraction of sp³-hybridized carbons (Fsp3) is 1.00. The molecule has 0 saturated heterocycles. The fourth-order valence-corrected chi connectivity index (χ4v) is 2.19. The predicted octanol–water partition coefficient (Wildman–Crippen LogP) is 2.05. The zero-order valence-corrected chi connectivity index (χ0v) is 9.18. The lowest BCUT2D eigenvalue weighted by Gasteiger charge is -2.16. The molecule has 1 saturated carbocycles. The summed E-state index contributed by atoms with van der Waals surface area (Å²) in [6.45, 7) is 6.54. The first-order chi connectivity index (χ1) is 6.22. The molecule has 0 amide bonds. The summed E-state index contributed by atoms with van der Waals surface area (Å²) in [5, 5.41) is 3.52. The second-order valence-electron chi connectivity index (χ2n) is 4.55. The molecule has 13 heavy (non-hydrogen) atoms. The van der Waals surface area contributed by atoms with Crippen molar-refractivity contribution in [1.82, 2.24) is 5.32 Å². The molecular formula is C11H23NO. The molecule has 0 aromatic heterocycles. The highest BCUT2D eigenvalue weighted by atomic mass is 16.5. The zero-order chi connectivity index (χ0) is 9.68. The molecule has 1 aliphatic rings. The smallest absolute Gasteiger partial charge is 0.0613 e. The van der Waals surface area contributed by atoms with Crippen LogP contribution in [0.5, 0.6) is 0 Å². The monoisotopic (exact) mass is 185 g/mol. The van der Waals surface area contributed by atoms with E-state index in [0.717, 1.165) is 18.4 Å². The van der Waals surface area contributed by atoms with Gasteiger partial charge in [0.15, 0.2) is 0 Å². The Morgan fingerprint density at radius 2 is 2.23 bits per heavy atom. The summed E-state index contributed by atoms with van der Waals surface area (Å²) in [5.41, 5.74) is 0. The van der Waals surface area contributed by atoms with Crippen LogP contribution in [-0.2, 0) is 4.74 Å². The van der Waals surface area contributed by atoms with Gasteiger partial charge < -0.3 is 10.1 Å². The average molecular weight is 185 g/mol. The maximum atomic E-state index is 5.08. The van der Waals surface area contributed by atoms with E-state index in [-0.39, 0.29) is 0 Å². The predicted molar refractivity (Wildman–Crippen MR) is 55.8 cm³/mol. The van der Waals surface area contributed by atoms with Crippen LogP contribution >= 0.6 is 0 Å². The molecule has 0 bridgehead atoms. The van der Waals surface area contributed by atoms with E-state index in [9.17, 15) is 0 Å². The van der Waals surface area contributed by atoms with E-state index in [4.69, 9.17) is 4.74 Å². The van der Waals surface area contributed by atoms with Crippen molar-refractivity contribution in [2.75, 3.05) is 20.3 Å². The maximum absolute atomic E-state index is 5.08. The lowest BCUT2D eigenvalue weighted by atomic mass is 10.1. The normalized spacial score (nSPS) is 30.7. The first kappa shape index (κ1) is 11.0. The summed E-state index contributed by atoms with van der Waals surface area (Å²) >= 11 is 0. The number of hydrogen-bond donors (Lipinski definition) is 1. The van der Waals surface area contributed by atoms with Gasteiger partial charge >= 0.3 is 0 Å². The van der Waals surface area contributed by atoms with E-state index in [1.54, 1.807) is 7.11 Å². The summed E-state index contributed by atoms with van der Waals surface area (Å²) in [5.74, 6) is 1.86. The molecule has 1 aliphatic carbocycles. The molecule has 1 fully saturated rings. The number of ether oxygens (including phenoxy) is 1. The highest BCUT2D eigenvalue weighted by Gasteiger charge is 2.21. The Bertz CT molecular complexity index is 138. The second kappa shape index (κ2) is 5.61. The Kier molecular flexibility index (Phi) is 4.74. The van der Waals surface area contributed by atoms with Gasteiger partial charge in [-0.25, -0.2) is 0 Å². The van der Waals surface area contributed by atoms with Crippen molar-refractivity contribution < 1.29 is 4.74 Å². The maximum Gasteiger partial charge on any atom is 0.0613 e. The zero-order valence-electron chi connectivity index (χ0n) is 9.18. The largest absolute Gasteiger partial charge is 0.383 e. The van der Waals surface area contributed by atoms with Crippen molar-refractivity contribution in [3.05, 3.63) is 0 Å². The summed E-state index contributed by atoms with van der Waals surface area (Å²) < 4.78 is 5.08. The van der Waals surface area contributed by atoms with Crippen LogP contribution in [0, 0.1) is 11.8 Å². The van der Waals surface area contributed by atoms with E-state index in [2.05, 4.69) is 19.2 Å². The van der Waals surface area contributed by atoms with Crippen LogP contribution in [0.1, 0.15) is 33.1 Å². The van der Waals surface area contributed by atoms with Crippen LogP contribution in [0.4, 0.5) is 0 Å². The molecule has 3 atom stereocenters.